The summed E-state index contributed by atoms with van der Waals surface area (Å²) in [5.74, 6) is 0.144. The van der Waals surface area contributed by atoms with Gasteiger partial charge in [0.2, 0.25) is 0 Å². The van der Waals surface area contributed by atoms with Crippen LogP contribution in [-0.2, 0) is 4.79 Å². The molecular formula is C16H13Cl2N3O2. The summed E-state index contributed by atoms with van der Waals surface area (Å²) in [6.45, 7) is -0.575. The molecule has 0 aliphatic carbocycles. The van der Waals surface area contributed by atoms with Crippen LogP contribution in [0.25, 0.3) is 22.4 Å². The fourth-order valence-electron chi connectivity index (χ4n) is 2.34. The summed E-state index contributed by atoms with van der Waals surface area (Å²) in [5, 5.41) is 10.2. The molecule has 5 nitrogen and oxygen atoms in total. The third-order valence-corrected chi connectivity index (χ3v) is 4.00. The molecule has 0 bridgehead atoms. The SMILES string of the molecule is CN(C(=O)CO)c1ccc(Cl)cc1-c1nc2ccc(Cl)cc2[nH]1. The zero-order chi connectivity index (χ0) is 16.6. The lowest BCUT2D eigenvalue weighted by atomic mass is 10.1. The van der Waals surface area contributed by atoms with Crippen LogP contribution in [0.5, 0.6) is 0 Å². The van der Waals surface area contributed by atoms with E-state index in [9.17, 15) is 4.79 Å². The highest BCUT2D eigenvalue weighted by Crippen LogP contribution is 2.33. The second kappa shape index (κ2) is 6.20. The molecule has 0 aliphatic heterocycles. The fourth-order valence-corrected chi connectivity index (χ4v) is 2.68. The highest BCUT2D eigenvalue weighted by molar-refractivity contribution is 6.31. The Morgan fingerprint density at radius 2 is 1.91 bits per heavy atom. The first-order valence-corrected chi connectivity index (χ1v) is 7.58. The molecule has 118 valence electrons. The molecule has 0 unspecified atom stereocenters. The van der Waals surface area contributed by atoms with E-state index in [4.69, 9.17) is 28.3 Å². The lowest BCUT2D eigenvalue weighted by molar-refractivity contribution is -0.120. The van der Waals surface area contributed by atoms with Crippen molar-refractivity contribution in [3.63, 3.8) is 0 Å². The number of anilines is 1. The number of likely N-dealkylation sites (N-methyl/N-ethyl adjacent to an activating group) is 1. The molecule has 0 saturated carbocycles. The maximum atomic E-state index is 11.8. The Hall–Kier alpha value is -2.08. The smallest absolute Gasteiger partial charge is 0.252 e. The quantitative estimate of drug-likeness (QED) is 0.760. The van der Waals surface area contributed by atoms with E-state index in [1.165, 1.54) is 4.90 Å². The number of nitrogens with one attached hydrogen (secondary N) is 1. The maximum Gasteiger partial charge on any atom is 0.252 e. The number of fused-ring (bicyclic) bond motifs is 1. The van der Waals surface area contributed by atoms with Crippen molar-refractivity contribution in [2.75, 3.05) is 18.6 Å². The number of aliphatic hydroxyl groups excluding tert-OH is 1. The molecule has 3 rings (SSSR count). The first-order chi connectivity index (χ1) is 11.0. The third kappa shape index (κ3) is 3.03. The predicted octanol–water partition coefficient (Wildman–Crippen LogP) is 3.49. The molecule has 2 N–H and O–H groups in total. The molecule has 23 heavy (non-hydrogen) atoms. The summed E-state index contributed by atoms with van der Waals surface area (Å²) >= 11 is 12.1. The van der Waals surface area contributed by atoms with Crippen molar-refractivity contribution in [2.24, 2.45) is 0 Å². The van der Waals surface area contributed by atoms with E-state index in [2.05, 4.69) is 9.97 Å². The van der Waals surface area contributed by atoms with Crippen LogP contribution < -0.4 is 4.90 Å². The molecule has 0 fully saturated rings. The predicted molar refractivity (Wildman–Crippen MR) is 92.0 cm³/mol. The summed E-state index contributed by atoms with van der Waals surface area (Å²) in [7, 11) is 1.59. The van der Waals surface area contributed by atoms with Crippen molar-refractivity contribution in [3.8, 4) is 11.4 Å². The van der Waals surface area contributed by atoms with Gasteiger partial charge < -0.3 is 15.0 Å². The molecule has 0 radical (unpaired) electrons. The topological polar surface area (TPSA) is 69.2 Å². The Bertz CT molecular complexity index is 892. The number of imidazole rings is 1. The average Bonchev–Trinajstić information content (AvgIpc) is 2.96. The van der Waals surface area contributed by atoms with E-state index < -0.39 is 12.5 Å². The Kier molecular flexibility index (Phi) is 4.26. The molecule has 1 heterocycles. The third-order valence-electron chi connectivity index (χ3n) is 3.53. The summed E-state index contributed by atoms with van der Waals surface area (Å²) in [6, 6.07) is 10.5. The van der Waals surface area contributed by atoms with Crippen molar-refractivity contribution in [1.29, 1.82) is 0 Å². The largest absolute Gasteiger partial charge is 0.387 e. The maximum absolute atomic E-state index is 11.8. The number of amides is 1. The average molecular weight is 350 g/mol. The number of nitrogens with zero attached hydrogens (tertiary/aromatic N) is 2. The number of H-pyrrole nitrogens is 1. The second-order valence-corrected chi connectivity index (χ2v) is 5.89. The van der Waals surface area contributed by atoms with E-state index in [1.807, 2.05) is 6.07 Å². The van der Waals surface area contributed by atoms with E-state index in [-0.39, 0.29) is 0 Å². The minimum absolute atomic E-state index is 0.423. The molecule has 0 aliphatic rings. The van der Waals surface area contributed by atoms with Gasteiger partial charge in [-0.1, -0.05) is 23.2 Å². The first kappa shape index (κ1) is 15.8. The van der Waals surface area contributed by atoms with Gasteiger partial charge in [0.1, 0.15) is 12.4 Å². The second-order valence-electron chi connectivity index (χ2n) is 5.02. The Labute approximate surface area is 142 Å². The minimum Gasteiger partial charge on any atom is -0.387 e. The molecule has 3 aromatic rings. The van der Waals surface area contributed by atoms with E-state index >= 15 is 0 Å². The lowest BCUT2D eigenvalue weighted by Crippen LogP contribution is -2.29. The van der Waals surface area contributed by atoms with Crippen LogP contribution in [0, 0.1) is 0 Å². The molecular weight excluding hydrogens is 337 g/mol. The number of carbonyl (C=O) groups is 1. The summed E-state index contributed by atoms with van der Waals surface area (Å²) < 4.78 is 0. The van der Waals surface area contributed by atoms with Gasteiger partial charge in [-0.2, -0.15) is 0 Å². The number of halogens is 2. The van der Waals surface area contributed by atoms with E-state index in [0.29, 0.717) is 27.1 Å². The van der Waals surface area contributed by atoms with Gasteiger partial charge in [-0.05, 0) is 36.4 Å². The van der Waals surface area contributed by atoms with Crippen molar-refractivity contribution < 1.29 is 9.90 Å². The highest BCUT2D eigenvalue weighted by atomic mass is 35.5. The number of carbonyl (C=O) groups excluding carboxylic acids is 1. The molecule has 2 aromatic carbocycles. The Balaban J connectivity index is 2.16. The Morgan fingerprint density at radius 3 is 2.65 bits per heavy atom. The van der Waals surface area contributed by atoms with Gasteiger partial charge in [-0.25, -0.2) is 4.98 Å². The Morgan fingerprint density at radius 1 is 1.22 bits per heavy atom. The van der Waals surface area contributed by atoms with Crippen LogP contribution in [0.4, 0.5) is 5.69 Å². The normalized spacial score (nSPS) is 11.0. The number of aromatic amines is 1. The summed E-state index contributed by atoms with van der Waals surface area (Å²) in [6.07, 6.45) is 0. The molecule has 0 atom stereocenters. The van der Waals surface area contributed by atoms with Crippen molar-refractivity contribution >= 4 is 45.8 Å². The standard InChI is InChI=1S/C16H13Cl2N3O2/c1-21(15(23)8-22)14-5-3-9(17)6-11(14)16-19-12-4-2-10(18)7-13(12)20-16/h2-7,22H,8H2,1H3,(H,19,20). The fraction of sp³-hybridized carbons (Fsp3) is 0.125. The van der Waals surface area contributed by atoms with Crippen molar-refractivity contribution in [3.05, 3.63) is 46.4 Å². The minimum atomic E-state index is -0.575. The molecule has 7 heteroatoms. The summed E-state index contributed by atoms with van der Waals surface area (Å²) in [4.78, 5) is 20.9. The van der Waals surface area contributed by atoms with Crippen molar-refractivity contribution in [2.45, 2.75) is 0 Å². The van der Waals surface area contributed by atoms with Gasteiger partial charge in [0.15, 0.2) is 0 Å². The van der Waals surface area contributed by atoms with Gasteiger partial charge in [-0.3, -0.25) is 4.79 Å². The zero-order valence-corrected chi connectivity index (χ0v) is 13.7. The van der Waals surface area contributed by atoms with E-state index in [0.717, 1.165) is 11.0 Å². The number of rotatable bonds is 3. The van der Waals surface area contributed by atoms with Crippen LogP contribution in [0.2, 0.25) is 10.0 Å². The number of aromatic nitrogens is 2. The highest BCUT2D eigenvalue weighted by Gasteiger charge is 2.17. The number of hydrogen-bond donors (Lipinski definition) is 2. The van der Waals surface area contributed by atoms with Crippen molar-refractivity contribution in [1.82, 2.24) is 9.97 Å². The lowest BCUT2D eigenvalue weighted by Gasteiger charge is -2.19. The van der Waals surface area contributed by atoms with Gasteiger partial charge >= 0.3 is 0 Å². The van der Waals surface area contributed by atoms with Gasteiger partial charge in [0.05, 0.1) is 16.7 Å². The van der Waals surface area contributed by atoms with Gasteiger partial charge in [0, 0.05) is 22.7 Å². The molecule has 0 spiro atoms. The van der Waals surface area contributed by atoms with Crippen LogP contribution >= 0.6 is 23.2 Å². The van der Waals surface area contributed by atoms with Gasteiger partial charge in [0.25, 0.3) is 5.91 Å². The first-order valence-electron chi connectivity index (χ1n) is 6.82. The van der Waals surface area contributed by atoms with Crippen LogP contribution in [0.1, 0.15) is 0 Å². The molecule has 0 saturated heterocycles. The monoisotopic (exact) mass is 349 g/mol. The van der Waals surface area contributed by atoms with Gasteiger partial charge in [-0.15, -0.1) is 0 Å². The zero-order valence-electron chi connectivity index (χ0n) is 12.2. The number of benzene rings is 2. The summed E-state index contributed by atoms with van der Waals surface area (Å²) in [5.41, 5.74) is 2.80. The van der Waals surface area contributed by atoms with Crippen LogP contribution in [-0.4, -0.2) is 34.6 Å². The van der Waals surface area contributed by atoms with Crippen LogP contribution in [0.3, 0.4) is 0 Å². The van der Waals surface area contributed by atoms with E-state index in [1.54, 1.807) is 37.4 Å². The number of hydrogen-bond acceptors (Lipinski definition) is 3. The molecule has 1 aromatic heterocycles. The van der Waals surface area contributed by atoms with Crippen LogP contribution in [0.15, 0.2) is 36.4 Å². The number of aliphatic hydroxyl groups is 1. The molecule has 1 amide bonds.